The second-order valence-electron chi connectivity index (χ2n) is 22.4. The van der Waals surface area contributed by atoms with Crippen LogP contribution < -0.4 is 4.90 Å². The third-order valence-electron chi connectivity index (χ3n) is 19.7. The number of hydrogen-bond donors (Lipinski definition) is 0. The Kier molecular flexibility index (Phi) is 8.05. The van der Waals surface area contributed by atoms with Gasteiger partial charge in [-0.2, -0.15) is 0 Å². The first-order valence-corrected chi connectivity index (χ1v) is 25.7. The lowest BCUT2D eigenvalue weighted by molar-refractivity contribution is 0.0618. The molecule has 1 heteroatoms. The molecule has 10 atom stereocenters. The van der Waals surface area contributed by atoms with Crippen LogP contribution in [-0.4, -0.2) is 0 Å². The molecule has 0 aromatic heterocycles. The zero-order valence-corrected chi connectivity index (χ0v) is 37.6. The summed E-state index contributed by atoms with van der Waals surface area (Å²) in [5.41, 5.74) is 21.7. The molecular formula is C64H59N. The summed E-state index contributed by atoms with van der Waals surface area (Å²) in [6.45, 7) is 0. The zero-order valence-electron chi connectivity index (χ0n) is 37.6. The van der Waals surface area contributed by atoms with E-state index < -0.39 is 0 Å². The third kappa shape index (κ3) is 5.17. The quantitative estimate of drug-likeness (QED) is 0.167. The summed E-state index contributed by atoms with van der Waals surface area (Å²) in [5.74, 6) is 6.52. The van der Waals surface area contributed by atoms with Gasteiger partial charge in [0.25, 0.3) is 0 Å². The summed E-state index contributed by atoms with van der Waals surface area (Å²) in [4.78, 5) is 2.71. The molecule has 10 aliphatic carbocycles. The Balaban J connectivity index is 0.928. The summed E-state index contributed by atoms with van der Waals surface area (Å²) in [6, 6.07) is 64.3. The van der Waals surface area contributed by atoms with Crippen molar-refractivity contribution in [1.29, 1.82) is 0 Å². The summed E-state index contributed by atoms with van der Waals surface area (Å²) in [6.07, 6.45) is 17.0. The monoisotopic (exact) mass is 841 g/mol. The Labute approximate surface area is 386 Å². The second kappa shape index (κ2) is 13.9. The molecule has 0 amide bonds. The fraction of sp³-hybridized carbons (Fsp3) is 0.344. The Morgan fingerprint density at radius 3 is 1.46 bits per heavy atom. The van der Waals surface area contributed by atoms with Crippen LogP contribution in [0.5, 0.6) is 0 Å². The minimum absolute atomic E-state index is 0.100. The van der Waals surface area contributed by atoms with Crippen molar-refractivity contribution in [3.05, 3.63) is 186 Å². The summed E-state index contributed by atoms with van der Waals surface area (Å²) >= 11 is 0. The largest absolute Gasteiger partial charge is 0.310 e. The molecule has 10 unspecified atom stereocenters. The molecule has 0 radical (unpaired) electrons. The average molecular weight is 842 g/mol. The highest BCUT2D eigenvalue weighted by Gasteiger charge is 2.61. The van der Waals surface area contributed by atoms with Gasteiger partial charge >= 0.3 is 0 Å². The van der Waals surface area contributed by atoms with Crippen molar-refractivity contribution in [1.82, 2.24) is 0 Å². The lowest BCUT2D eigenvalue weighted by atomic mass is 9.50. The van der Waals surface area contributed by atoms with Crippen molar-refractivity contribution in [3.8, 4) is 44.5 Å². The van der Waals surface area contributed by atoms with Gasteiger partial charge in [-0.1, -0.05) is 146 Å². The molecule has 8 saturated carbocycles. The van der Waals surface area contributed by atoms with Gasteiger partial charge in [0.2, 0.25) is 0 Å². The summed E-state index contributed by atoms with van der Waals surface area (Å²) in [7, 11) is 0. The fourth-order valence-electron chi connectivity index (χ4n) is 17.6. The average Bonchev–Trinajstić information content (AvgIpc) is 3.58. The molecule has 0 saturated heterocycles. The van der Waals surface area contributed by atoms with Crippen molar-refractivity contribution < 1.29 is 0 Å². The van der Waals surface area contributed by atoms with E-state index in [0.29, 0.717) is 5.92 Å². The first-order valence-electron chi connectivity index (χ1n) is 25.7. The molecule has 0 N–H and O–H groups in total. The van der Waals surface area contributed by atoms with Gasteiger partial charge in [0, 0.05) is 27.8 Å². The number of anilines is 3. The van der Waals surface area contributed by atoms with E-state index in [2.05, 4.69) is 169 Å². The van der Waals surface area contributed by atoms with E-state index in [0.717, 1.165) is 41.4 Å². The Hall–Kier alpha value is -5.66. The van der Waals surface area contributed by atoms with Gasteiger partial charge in [-0.15, -0.1) is 0 Å². The maximum Gasteiger partial charge on any atom is 0.0543 e. The standard InChI is InChI=1S/C64H59N/c1-2-9-44(10-3-1)45-19-21-46(22-20-45)47-23-27-52(28-24-47)65(53-29-30-55-54-11-4-6-13-57(54)64(60(55)39-53)49-26-18-41-32-43(36-49)38-51(64)34-41)61-16-8-15-59-62(61)56-12-5-7-14-58(56)63(59)48-25-17-40-31-42(35-48)37-50(63)33-40/h1-16,19-24,27-30,39-43,48-51H,17-18,25-26,31-38H2. The van der Waals surface area contributed by atoms with Crippen LogP contribution in [0.3, 0.4) is 0 Å². The molecule has 17 rings (SSSR count). The molecule has 0 heterocycles. The summed E-state index contributed by atoms with van der Waals surface area (Å²) < 4.78 is 0. The topological polar surface area (TPSA) is 3.24 Å². The second-order valence-corrected chi connectivity index (χ2v) is 22.4. The van der Waals surface area contributed by atoms with E-state index in [4.69, 9.17) is 0 Å². The highest BCUT2D eigenvalue weighted by atomic mass is 15.1. The van der Waals surface area contributed by atoms with Crippen LogP contribution in [0.25, 0.3) is 44.5 Å². The lowest BCUT2D eigenvalue weighted by Crippen LogP contribution is -2.48. The van der Waals surface area contributed by atoms with Crippen molar-refractivity contribution in [3.63, 3.8) is 0 Å². The minimum atomic E-state index is 0.100. The van der Waals surface area contributed by atoms with Gasteiger partial charge in [0.05, 0.1) is 5.69 Å². The van der Waals surface area contributed by atoms with Crippen LogP contribution in [0.2, 0.25) is 0 Å². The minimum Gasteiger partial charge on any atom is -0.310 e. The Bertz CT molecular complexity index is 3000. The number of fused-ring (bicyclic) bond motifs is 8. The molecule has 8 fully saturated rings. The number of rotatable bonds is 5. The SMILES string of the molecule is c1ccc(-c2ccc(-c3ccc(N(c4ccc5c(c4)C4(c6ccccc6-5)C5CCC6CC(C5)CC4C6)c4cccc5c4-c4ccccc4C54C5CCC6CC(C5)CC4C6)cc3)cc2)cc1. The molecule has 7 aromatic carbocycles. The van der Waals surface area contributed by atoms with Crippen molar-refractivity contribution >= 4 is 17.1 Å². The molecular weight excluding hydrogens is 783 g/mol. The van der Waals surface area contributed by atoms with Gasteiger partial charge in [-0.05, 0) is 203 Å². The number of benzene rings is 7. The third-order valence-corrected chi connectivity index (χ3v) is 19.7. The molecule has 1 nitrogen and oxygen atoms in total. The van der Waals surface area contributed by atoms with Crippen molar-refractivity contribution in [2.24, 2.45) is 47.3 Å². The van der Waals surface area contributed by atoms with E-state index in [1.165, 1.54) is 139 Å². The van der Waals surface area contributed by atoms with Gasteiger partial charge in [-0.25, -0.2) is 0 Å². The molecule has 2 spiro atoms. The predicted octanol–water partition coefficient (Wildman–Crippen LogP) is 16.7. The van der Waals surface area contributed by atoms with E-state index in [1.54, 1.807) is 22.3 Å². The molecule has 10 aliphatic rings. The first kappa shape index (κ1) is 37.5. The summed E-state index contributed by atoms with van der Waals surface area (Å²) in [5, 5.41) is 0. The molecule has 8 bridgehead atoms. The van der Waals surface area contributed by atoms with Crippen LogP contribution in [0.1, 0.15) is 99.3 Å². The highest BCUT2D eigenvalue weighted by molar-refractivity contribution is 5.96. The van der Waals surface area contributed by atoms with Crippen LogP contribution in [0.15, 0.2) is 164 Å². The smallest absolute Gasteiger partial charge is 0.0543 e. The Morgan fingerprint density at radius 2 is 0.800 bits per heavy atom. The molecule has 7 aromatic rings. The molecule has 320 valence electrons. The van der Waals surface area contributed by atoms with Crippen LogP contribution in [0, 0.1) is 47.3 Å². The zero-order chi connectivity index (χ0) is 42.4. The van der Waals surface area contributed by atoms with E-state index >= 15 is 0 Å². The highest BCUT2D eigenvalue weighted by Crippen LogP contribution is 2.70. The molecule has 65 heavy (non-hydrogen) atoms. The van der Waals surface area contributed by atoms with Gasteiger partial charge < -0.3 is 4.90 Å². The van der Waals surface area contributed by atoms with Crippen LogP contribution in [0.4, 0.5) is 17.1 Å². The van der Waals surface area contributed by atoms with Crippen LogP contribution >= 0.6 is 0 Å². The number of nitrogens with zero attached hydrogens (tertiary/aromatic N) is 1. The van der Waals surface area contributed by atoms with Crippen molar-refractivity contribution in [2.75, 3.05) is 4.90 Å². The van der Waals surface area contributed by atoms with Crippen LogP contribution in [-0.2, 0) is 10.8 Å². The van der Waals surface area contributed by atoms with Gasteiger partial charge in [0.1, 0.15) is 0 Å². The van der Waals surface area contributed by atoms with E-state index in [1.807, 2.05) is 0 Å². The maximum absolute atomic E-state index is 2.73. The van der Waals surface area contributed by atoms with Gasteiger partial charge in [0.15, 0.2) is 0 Å². The Morgan fingerprint density at radius 1 is 0.323 bits per heavy atom. The number of hydrogen-bond acceptors (Lipinski definition) is 1. The van der Waals surface area contributed by atoms with E-state index in [-0.39, 0.29) is 10.8 Å². The lowest BCUT2D eigenvalue weighted by Gasteiger charge is -2.53. The maximum atomic E-state index is 2.73. The van der Waals surface area contributed by atoms with Crippen molar-refractivity contribution in [2.45, 2.75) is 87.9 Å². The molecule has 0 aliphatic heterocycles. The van der Waals surface area contributed by atoms with Gasteiger partial charge in [-0.3, -0.25) is 0 Å². The van der Waals surface area contributed by atoms with E-state index in [9.17, 15) is 0 Å². The first-order chi connectivity index (χ1) is 32.1. The fourth-order valence-corrected chi connectivity index (χ4v) is 17.6. The predicted molar refractivity (Wildman–Crippen MR) is 268 cm³/mol. The normalized spacial score (nSPS) is 31.4.